The van der Waals surface area contributed by atoms with Gasteiger partial charge < -0.3 is 26.3 Å². The Labute approximate surface area is 100 Å². The van der Waals surface area contributed by atoms with Crippen molar-refractivity contribution in [3.63, 3.8) is 0 Å². The largest absolute Gasteiger partial charge is 0.396 e. The molecule has 0 aliphatic carbocycles. The van der Waals surface area contributed by atoms with Crippen LogP contribution in [0.25, 0.3) is 0 Å². The van der Waals surface area contributed by atoms with Crippen LogP contribution in [0.5, 0.6) is 0 Å². The Bertz CT molecular complexity index is 391. The van der Waals surface area contributed by atoms with E-state index in [0.29, 0.717) is 30.5 Å². The molecule has 1 saturated heterocycles. The van der Waals surface area contributed by atoms with Crippen molar-refractivity contribution in [2.45, 2.75) is 12.0 Å². The SMILES string of the molecule is COC1(CNc2ccc(N)c(N)n2)CCOC1. The molecule has 2 rings (SSSR count). The average molecular weight is 238 g/mol. The molecule has 1 unspecified atom stereocenters. The van der Waals surface area contributed by atoms with Gasteiger partial charge in [0.2, 0.25) is 0 Å². The van der Waals surface area contributed by atoms with E-state index < -0.39 is 0 Å². The van der Waals surface area contributed by atoms with Gasteiger partial charge in [0.15, 0.2) is 0 Å². The van der Waals surface area contributed by atoms with Crippen molar-refractivity contribution in [3.05, 3.63) is 12.1 Å². The molecule has 1 aliphatic heterocycles. The Morgan fingerprint density at radius 3 is 2.94 bits per heavy atom. The van der Waals surface area contributed by atoms with E-state index in [-0.39, 0.29) is 5.60 Å². The van der Waals surface area contributed by atoms with E-state index in [2.05, 4.69) is 10.3 Å². The van der Waals surface area contributed by atoms with E-state index in [1.165, 1.54) is 0 Å². The number of aromatic nitrogens is 1. The molecule has 1 aliphatic rings. The fourth-order valence-electron chi connectivity index (χ4n) is 1.80. The highest BCUT2D eigenvalue weighted by atomic mass is 16.5. The van der Waals surface area contributed by atoms with Gasteiger partial charge in [-0.05, 0) is 12.1 Å². The van der Waals surface area contributed by atoms with Crippen LogP contribution in [-0.2, 0) is 9.47 Å². The lowest BCUT2D eigenvalue weighted by Gasteiger charge is -2.26. The summed E-state index contributed by atoms with van der Waals surface area (Å²) in [5, 5.41) is 3.19. The monoisotopic (exact) mass is 238 g/mol. The molecule has 94 valence electrons. The molecule has 0 bridgehead atoms. The molecular weight excluding hydrogens is 220 g/mol. The Morgan fingerprint density at radius 1 is 1.53 bits per heavy atom. The first-order chi connectivity index (χ1) is 8.15. The van der Waals surface area contributed by atoms with Crippen LogP contribution in [0.2, 0.25) is 0 Å². The lowest BCUT2D eigenvalue weighted by atomic mass is 10.0. The Kier molecular flexibility index (Phi) is 3.35. The topological polar surface area (TPSA) is 95.4 Å². The van der Waals surface area contributed by atoms with Gasteiger partial charge in [-0.2, -0.15) is 0 Å². The van der Waals surface area contributed by atoms with Crippen LogP contribution >= 0.6 is 0 Å². The Hall–Kier alpha value is -1.53. The lowest BCUT2D eigenvalue weighted by molar-refractivity contribution is -0.00625. The third kappa shape index (κ3) is 2.59. The normalized spacial score (nSPS) is 23.8. The van der Waals surface area contributed by atoms with Gasteiger partial charge in [-0.25, -0.2) is 4.98 Å². The molecule has 1 atom stereocenters. The molecule has 2 heterocycles. The number of pyridine rings is 1. The zero-order valence-electron chi connectivity index (χ0n) is 9.90. The van der Waals surface area contributed by atoms with Gasteiger partial charge in [-0.15, -0.1) is 0 Å². The van der Waals surface area contributed by atoms with Gasteiger partial charge in [0.1, 0.15) is 17.2 Å². The van der Waals surface area contributed by atoms with Gasteiger partial charge >= 0.3 is 0 Å². The predicted octanol–water partition coefficient (Wildman–Crippen LogP) is 0.463. The first-order valence-electron chi connectivity index (χ1n) is 5.54. The Morgan fingerprint density at radius 2 is 2.35 bits per heavy atom. The van der Waals surface area contributed by atoms with Crippen LogP contribution in [0.3, 0.4) is 0 Å². The highest BCUT2D eigenvalue weighted by Gasteiger charge is 2.34. The summed E-state index contributed by atoms with van der Waals surface area (Å²) in [6.45, 7) is 1.97. The van der Waals surface area contributed by atoms with Crippen LogP contribution in [0.1, 0.15) is 6.42 Å². The molecule has 5 N–H and O–H groups in total. The number of methoxy groups -OCH3 is 1. The van der Waals surface area contributed by atoms with Gasteiger partial charge in [0.05, 0.1) is 12.3 Å². The summed E-state index contributed by atoms with van der Waals surface area (Å²) in [6, 6.07) is 3.53. The number of ether oxygens (including phenoxy) is 2. The van der Waals surface area contributed by atoms with Gasteiger partial charge in [0, 0.05) is 26.7 Å². The summed E-state index contributed by atoms with van der Waals surface area (Å²) in [6.07, 6.45) is 0.876. The molecule has 1 aromatic heterocycles. The fourth-order valence-corrected chi connectivity index (χ4v) is 1.80. The first kappa shape index (κ1) is 11.9. The maximum Gasteiger partial charge on any atom is 0.149 e. The second-order valence-electron chi connectivity index (χ2n) is 4.21. The van der Waals surface area contributed by atoms with Crippen LogP contribution < -0.4 is 16.8 Å². The third-order valence-electron chi connectivity index (χ3n) is 3.05. The van der Waals surface area contributed by atoms with Crippen molar-refractivity contribution in [1.29, 1.82) is 0 Å². The van der Waals surface area contributed by atoms with E-state index in [0.717, 1.165) is 13.0 Å². The number of hydrogen-bond donors (Lipinski definition) is 3. The van der Waals surface area contributed by atoms with Crippen molar-refractivity contribution >= 4 is 17.3 Å². The van der Waals surface area contributed by atoms with Crippen molar-refractivity contribution in [3.8, 4) is 0 Å². The molecule has 1 fully saturated rings. The predicted molar refractivity (Wildman–Crippen MR) is 66.7 cm³/mol. The number of nitrogens with one attached hydrogen (secondary N) is 1. The van der Waals surface area contributed by atoms with E-state index >= 15 is 0 Å². The second-order valence-corrected chi connectivity index (χ2v) is 4.21. The van der Waals surface area contributed by atoms with E-state index in [9.17, 15) is 0 Å². The van der Waals surface area contributed by atoms with Crippen LogP contribution in [0, 0.1) is 0 Å². The highest BCUT2D eigenvalue weighted by molar-refractivity contribution is 5.61. The van der Waals surface area contributed by atoms with Crippen molar-refractivity contribution < 1.29 is 9.47 Å². The molecule has 0 aromatic carbocycles. The maximum absolute atomic E-state index is 5.64. The zero-order chi connectivity index (χ0) is 12.3. The van der Waals surface area contributed by atoms with Crippen molar-refractivity contribution in [2.75, 3.05) is 43.7 Å². The zero-order valence-corrected chi connectivity index (χ0v) is 9.90. The minimum atomic E-state index is -0.266. The lowest BCUT2D eigenvalue weighted by Crippen LogP contribution is -2.39. The molecule has 0 spiro atoms. The summed E-state index contributed by atoms with van der Waals surface area (Å²) in [7, 11) is 1.70. The van der Waals surface area contributed by atoms with Gasteiger partial charge in [-0.1, -0.05) is 0 Å². The quantitative estimate of drug-likeness (QED) is 0.705. The summed E-state index contributed by atoms with van der Waals surface area (Å²) in [5.74, 6) is 1.03. The smallest absolute Gasteiger partial charge is 0.149 e. The highest BCUT2D eigenvalue weighted by Crippen LogP contribution is 2.23. The Balaban J connectivity index is 1.99. The summed E-state index contributed by atoms with van der Waals surface area (Å²) >= 11 is 0. The summed E-state index contributed by atoms with van der Waals surface area (Å²) in [4.78, 5) is 4.14. The van der Waals surface area contributed by atoms with Crippen molar-refractivity contribution in [2.24, 2.45) is 0 Å². The minimum absolute atomic E-state index is 0.266. The molecule has 0 amide bonds. The molecule has 0 radical (unpaired) electrons. The van der Waals surface area contributed by atoms with Crippen LogP contribution in [-0.4, -0.2) is 37.5 Å². The van der Waals surface area contributed by atoms with Gasteiger partial charge in [-0.3, -0.25) is 0 Å². The molecule has 1 aromatic rings. The molecular formula is C11H18N4O2. The first-order valence-corrected chi connectivity index (χ1v) is 5.54. The fraction of sp³-hybridized carbons (Fsp3) is 0.545. The molecule has 17 heavy (non-hydrogen) atoms. The molecule has 0 saturated carbocycles. The molecule has 6 heteroatoms. The van der Waals surface area contributed by atoms with Crippen molar-refractivity contribution in [1.82, 2.24) is 4.98 Å². The summed E-state index contributed by atoms with van der Waals surface area (Å²) in [5.41, 5.74) is 11.5. The van der Waals surface area contributed by atoms with E-state index in [1.54, 1.807) is 19.2 Å². The van der Waals surface area contributed by atoms with E-state index in [1.807, 2.05) is 0 Å². The molecule has 6 nitrogen and oxygen atoms in total. The van der Waals surface area contributed by atoms with Gasteiger partial charge in [0.25, 0.3) is 0 Å². The number of nitrogen functional groups attached to an aromatic ring is 2. The number of anilines is 3. The third-order valence-corrected chi connectivity index (χ3v) is 3.05. The summed E-state index contributed by atoms with van der Waals surface area (Å²) < 4.78 is 10.9. The average Bonchev–Trinajstić information content (AvgIpc) is 2.80. The van der Waals surface area contributed by atoms with Crippen LogP contribution in [0.15, 0.2) is 12.1 Å². The van der Waals surface area contributed by atoms with E-state index in [4.69, 9.17) is 20.9 Å². The number of hydrogen-bond acceptors (Lipinski definition) is 6. The minimum Gasteiger partial charge on any atom is -0.396 e. The van der Waals surface area contributed by atoms with Crippen LogP contribution in [0.4, 0.5) is 17.3 Å². The maximum atomic E-state index is 5.64. The second kappa shape index (κ2) is 4.77. The number of nitrogens with two attached hydrogens (primary N) is 2. The number of nitrogens with zero attached hydrogens (tertiary/aromatic N) is 1. The number of rotatable bonds is 4. The standard InChI is InChI=1S/C11H18N4O2/c1-16-11(4-5-17-7-11)6-14-9-3-2-8(12)10(13)15-9/h2-3H,4-7,12H2,1H3,(H3,13,14,15).